The summed E-state index contributed by atoms with van der Waals surface area (Å²) in [4.78, 5) is 37.7. The number of alkyl halides is 3. The van der Waals surface area contributed by atoms with Gasteiger partial charge in [0.25, 0.3) is 16.8 Å². The van der Waals surface area contributed by atoms with Gasteiger partial charge in [0, 0.05) is 14.1 Å². The Morgan fingerprint density at radius 3 is 2.24 bits per heavy atom. The SMILES string of the molecule is CN(C)C(=O)c1cccc(Nc2c(N[C@@H](c3cc(C(C)(C)C)co3)C(F)(F)F)c(=O)c2=O)c1O. The summed E-state index contributed by atoms with van der Waals surface area (Å²) in [5.74, 6) is -1.53. The number of hydrogen-bond acceptors (Lipinski definition) is 7. The van der Waals surface area contributed by atoms with E-state index in [-0.39, 0.29) is 11.3 Å². The molecule has 1 amide bonds. The highest BCUT2D eigenvalue weighted by molar-refractivity contribution is 5.99. The van der Waals surface area contributed by atoms with Crippen molar-refractivity contribution >= 4 is 23.0 Å². The average Bonchev–Trinajstić information content (AvgIpc) is 3.22. The highest BCUT2D eigenvalue weighted by Crippen LogP contribution is 2.39. The number of rotatable bonds is 6. The maximum Gasteiger partial charge on any atom is 0.415 e. The predicted octanol–water partition coefficient (Wildman–Crippen LogP) is 4.04. The van der Waals surface area contributed by atoms with Crippen molar-refractivity contribution in [2.45, 2.75) is 38.4 Å². The molecule has 1 heterocycles. The van der Waals surface area contributed by atoms with Gasteiger partial charge >= 0.3 is 6.18 Å². The van der Waals surface area contributed by atoms with Crippen molar-refractivity contribution in [3.05, 3.63) is 67.9 Å². The van der Waals surface area contributed by atoms with E-state index in [1.165, 1.54) is 49.5 Å². The third-order valence-electron chi connectivity index (χ3n) is 5.23. The van der Waals surface area contributed by atoms with Gasteiger partial charge in [-0.15, -0.1) is 0 Å². The molecule has 2 aromatic carbocycles. The first-order valence-electron chi connectivity index (χ1n) is 10.2. The number of para-hydroxylation sites is 1. The number of furan rings is 1. The lowest BCUT2D eigenvalue weighted by Crippen LogP contribution is -2.40. The number of nitrogens with one attached hydrogen (secondary N) is 2. The standard InChI is InChI=1S/C23H24F3N3O5/c1-22(2,3)11-9-14(34-10-11)20(23(24,25)26)28-16-15(18(31)19(16)32)27-13-8-6-7-12(17(13)30)21(33)29(4)5/h6-10,20,27-28,30H,1-5H3/t20-/m0/s1. The largest absolute Gasteiger partial charge is 0.505 e. The molecule has 8 nitrogen and oxygen atoms in total. The van der Waals surface area contributed by atoms with Crippen LogP contribution >= 0.6 is 0 Å². The first-order chi connectivity index (χ1) is 15.6. The van der Waals surface area contributed by atoms with E-state index in [4.69, 9.17) is 4.42 Å². The Balaban J connectivity index is 1.97. The lowest BCUT2D eigenvalue weighted by Gasteiger charge is -2.23. The summed E-state index contributed by atoms with van der Waals surface area (Å²) in [6.45, 7) is 5.41. The van der Waals surface area contributed by atoms with Crippen LogP contribution in [0.25, 0.3) is 0 Å². The lowest BCUT2D eigenvalue weighted by molar-refractivity contribution is -0.147. The zero-order valence-electron chi connectivity index (χ0n) is 19.1. The molecule has 34 heavy (non-hydrogen) atoms. The Bertz CT molecular complexity index is 1290. The molecule has 3 rings (SSSR count). The van der Waals surface area contributed by atoms with Crippen molar-refractivity contribution < 1.29 is 27.5 Å². The van der Waals surface area contributed by atoms with Gasteiger partial charge in [0.1, 0.15) is 17.1 Å². The second kappa shape index (κ2) is 8.54. The van der Waals surface area contributed by atoms with Crippen LogP contribution in [0.1, 0.15) is 48.5 Å². The van der Waals surface area contributed by atoms with Crippen LogP contribution in [-0.2, 0) is 5.41 Å². The molecule has 0 saturated heterocycles. The van der Waals surface area contributed by atoms with Crippen LogP contribution in [0.5, 0.6) is 5.75 Å². The molecule has 0 aliphatic rings. The summed E-state index contributed by atoms with van der Waals surface area (Å²) >= 11 is 0. The van der Waals surface area contributed by atoms with Crippen LogP contribution in [0.15, 0.2) is 44.5 Å². The molecule has 0 fully saturated rings. The zero-order valence-corrected chi connectivity index (χ0v) is 19.1. The van der Waals surface area contributed by atoms with E-state index in [0.29, 0.717) is 5.56 Å². The molecule has 3 aromatic rings. The van der Waals surface area contributed by atoms with Crippen molar-refractivity contribution in [3.63, 3.8) is 0 Å². The van der Waals surface area contributed by atoms with E-state index in [1.54, 1.807) is 20.8 Å². The van der Waals surface area contributed by atoms with E-state index in [9.17, 15) is 32.7 Å². The number of phenolic OH excluding ortho intramolecular Hbond substituents is 1. The fourth-order valence-electron chi connectivity index (χ4n) is 3.20. The van der Waals surface area contributed by atoms with E-state index in [0.717, 1.165) is 0 Å². The number of halogens is 3. The van der Waals surface area contributed by atoms with E-state index < -0.39 is 57.3 Å². The van der Waals surface area contributed by atoms with Gasteiger partial charge in [-0.2, -0.15) is 13.2 Å². The van der Waals surface area contributed by atoms with Gasteiger partial charge in [-0.25, -0.2) is 0 Å². The van der Waals surface area contributed by atoms with Crippen molar-refractivity contribution in [1.82, 2.24) is 4.90 Å². The van der Waals surface area contributed by atoms with Crippen LogP contribution in [0.4, 0.5) is 30.2 Å². The summed E-state index contributed by atoms with van der Waals surface area (Å²) in [6, 6.07) is 2.90. The number of amides is 1. The number of anilines is 3. The highest BCUT2D eigenvalue weighted by atomic mass is 19.4. The molecule has 0 aliphatic carbocycles. The minimum absolute atomic E-state index is 0.0957. The highest BCUT2D eigenvalue weighted by Gasteiger charge is 2.45. The van der Waals surface area contributed by atoms with E-state index in [2.05, 4.69) is 10.6 Å². The van der Waals surface area contributed by atoms with Crippen molar-refractivity contribution in [1.29, 1.82) is 0 Å². The third-order valence-corrected chi connectivity index (χ3v) is 5.23. The Morgan fingerprint density at radius 1 is 1.09 bits per heavy atom. The Hall–Kier alpha value is -3.76. The molecular weight excluding hydrogens is 455 g/mol. The lowest BCUT2D eigenvalue weighted by atomic mass is 9.89. The normalized spacial score (nSPS) is 13.1. The number of benzene rings is 1. The fraction of sp³-hybridized carbons (Fsp3) is 0.348. The summed E-state index contributed by atoms with van der Waals surface area (Å²) in [5.41, 5.74) is -3.47. The van der Waals surface area contributed by atoms with Crippen LogP contribution < -0.4 is 21.5 Å². The molecule has 1 atom stereocenters. The first-order valence-corrected chi connectivity index (χ1v) is 10.2. The topological polar surface area (TPSA) is 112 Å². The van der Waals surface area contributed by atoms with Gasteiger partial charge in [0.2, 0.25) is 0 Å². The van der Waals surface area contributed by atoms with Crippen LogP contribution in [0, 0.1) is 0 Å². The quantitative estimate of drug-likeness (QED) is 0.361. The number of carbonyl (C=O) groups excluding carboxylic acids is 1. The summed E-state index contributed by atoms with van der Waals surface area (Å²) in [5, 5.41) is 15.0. The van der Waals surface area contributed by atoms with Crippen LogP contribution in [0.3, 0.4) is 0 Å². The number of hydrogen-bond donors (Lipinski definition) is 3. The molecule has 0 saturated carbocycles. The molecule has 0 bridgehead atoms. The minimum Gasteiger partial charge on any atom is -0.505 e. The zero-order chi connectivity index (χ0) is 25.6. The smallest absolute Gasteiger partial charge is 0.415 e. The summed E-state index contributed by atoms with van der Waals surface area (Å²) < 4.78 is 46.7. The van der Waals surface area contributed by atoms with Crippen molar-refractivity contribution in [2.24, 2.45) is 0 Å². The number of aromatic hydroxyl groups is 1. The van der Waals surface area contributed by atoms with Crippen LogP contribution in [-0.4, -0.2) is 36.2 Å². The number of nitrogens with zero attached hydrogens (tertiary/aromatic N) is 1. The van der Waals surface area contributed by atoms with Crippen molar-refractivity contribution in [3.8, 4) is 5.75 Å². The third kappa shape index (κ3) is 4.63. The number of phenols is 1. The molecule has 0 aliphatic heterocycles. The second-order valence-electron chi connectivity index (χ2n) is 9.04. The maximum absolute atomic E-state index is 13.8. The molecule has 1 aromatic heterocycles. The fourth-order valence-corrected chi connectivity index (χ4v) is 3.20. The van der Waals surface area contributed by atoms with Gasteiger partial charge in [0.15, 0.2) is 11.8 Å². The van der Waals surface area contributed by atoms with Gasteiger partial charge < -0.3 is 25.1 Å². The second-order valence-corrected chi connectivity index (χ2v) is 9.04. The molecule has 3 N–H and O–H groups in total. The van der Waals surface area contributed by atoms with E-state index in [1.807, 2.05) is 0 Å². The monoisotopic (exact) mass is 479 g/mol. The van der Waals surface area contributed by atoms with E-state index >= 15 is 0 Å². The van der Waals surface area contributed by atoms with Gasteiger partial charge in [0.05, 0.1) is 17.5 Å². The summed E-state index contributed by atoms with van der Waals surface area (Å²) in [6.07, 6.45) is -3.65. The molecular formula is C23H24F3N3O5. The molecule has 0 radical (unpaired) electrons. The molecule has 0 unspecified atom stereocenters. The first kappa shape index (κ1) is 24.9. The molecule has 11 heteroatoms. The van der Waals surface area contributed by atoms with Crippen molar-refractivity contribution in [2.75, 3.05) is 24.7 Å². The Labute approximate surface area is 192 Å². The predicted molar refractivity (Wildman–Crippen MR) is 121 cm³/mol. The number of carbonyl (C=O) groups is 1. The van der Waals surface area contributed by atoms with Crippen LogP contribution in [0.2, 0.25) is 0 Å². The Morgan fingerprint density at radius 2 is 1.71 bits per heavy atom. The van der Waals surface area contributed by atoms with Gasteiger partial charge in [-0.3, -0.25) is 14.4 Å². The molecule has 182 valence electrons. The Kier molecular flexibility index (Phi) is 6.25. The van der Waals surface area contributed by atoms with Gasteiger partial charge in [-0.1, -0.05) is 26.8 Å². The minimum atomic E-state index is -4.86. The average molecular weight is 479 g/mol. The molecule has 0 spiro atoms. The maximum atomic E-state index is 13.8. The summed E-state index contributed by atoms with van der Waals surface area (Å²) in [7, 11) is 2.94. The van der Waals surface area contributed by atoms with Gasteiger partial charge in [-0.05, 0) is 29.2 Å².